The van der Waals surface area contributed by atoms with Gasteiger partial charge in [-0.3, -0.25) is 9.59 Å². The highest BCUT2D eigenvalue weighted by molar-refractivity contribution is 9.10. The van der Waals surface area contributed by atoms with Gasteiger partial charge in [0, 0.05) is 21.9 Å². The maximum Gasteiger partial charge on any atom is 0.166 e. The van der Waals surface area contributed by atoms with Crippen molar-refractivity contribution in [2.75, 3.05) is 0 Å². The van der Waals surface area contributed by atoms with Gasteiger partial charge in [-0.25, -0.2) is 0 Å². The molecule has 0 unspecified atom stereocenters. The van der Waals surface area contributed by atoms with Gasteiger partial charge in [-0.15, -0.1) is 0 Å². The van der Waals surface area contributed by atoms with Crippen LogP contribution in [0.1, 0.15) is 30.6 Å². The molecular weight excluding hydrogens is 280 g/mol. The summed E-state index contributed by atoms with van der Waals surface area (Å²) < 4.78 is 0.957. The molecule has 2 rings (SSSR count). The second-order valence-electron chi connectivity index (χ2n) is 4.83. The molecule has 1 saturated carbocycles. The Balaban J connectivity index is 2.19. The highest BCUT2D eigenvalue weighted by atomic mass is 79.9. The van der Waals surface area contributed by atoms with Crippen molar-refractivity contribution in [1.29, 1.82) is 0 Å². The molecule has 0 N–H and O–H groups in total. The molecule has 0 amide bonds. The van der Waals surface area contributed by atoms with E-state index in [9.17, 15) is 9.59 Å². The first-order valence-electron chi connectivity index (χ1n) is 5.81. The number of hydrogen-bond acceptors (Lipinski definition) is 2. The SMILES string of the molecule is CC(=O)[C@@H]1C[C@H](C)[C@H]1C(=O)c1ccc(Br)cc1. The zero-order valence-corrected chi connectivity index (χ0v) is 11.5. The Morgan fingerprint density at radius 2 is 1.82 bits per heavy atom. The molecule has 1 aromatic carbocycles. The molecule has 1 aliphatic rings. The van der Waals surface area contributed by atoms with Crippen LogP contribution in [0.15, 0.2) is 28.7 Å². The van der Waals surface area contributed by atoms with E-state index < -0.39 is 0 Å². The van der Waals surface area contributed by atoms with Gasteiger partial charge in [-0.2, -0.15) is 0 Å². The van der Waals surface area contributed by atoms with Crippen molar-refractivity contribution in [2.24, 2.45) is 17.8 Å². The average molecular weight is 295 g/mol. The number of hydrogen-bond donors (Lipinski definition) is 0. The number of carbonyl (C=O) groups is 2. The number of ketones is 2. The quantitative estimate of drug-likeness (QED) is 0.800. The van der Waals surface area contributed by atoms with Gasteiger partial charge in [0.05, 0.1) is 0 Å². The fourth-order valence-electron chi connectivity index (χ4n) is 2.56. The van der Waals surface area contributed by atoms with E-state index in [2.05, 4.69) is 15.9 Å². The number of rotatable bonds is 3. The fourth-order valence-corrected chi connectivity index (χ4v) is 2.83. The molecule has 0 heterocycles. The van der Waals surface area contributed by atoms with Gasteiger partial charge in [0.25, 0.3) is 0 Å². The van der Waals surface area contributed by atoms with Crippen LogP contribution in [0.5, 0.6) is 0 Å². The van der Waals surface area contributed by atoms with Crippen LogP contribution in [-0.2, 0) is 4.79 Å². The summed E-state index contributed by atoms with van der Waals surface area (Å²) >= 11 is 3.34. The second kappa shape index (κ2) is 4.73. The molecule has 90 valence electrons. The average Bonchev–Trinajstić information content (AvgIpc) is 2.26. The Morgan fingerprint density at radius 1 is 1.24 bits per heavy atom. The van der Waals surface area contributed by atoms with Crippen LogP contribution in [0, 0.1) is 17.8 Å². The van der Waals surface area contributed by atoms with Gasteiger partial charge in [-0.1, -0.05) is 35.0 Å². The van der Waals surface area contributed by atoms with Gasteiger partial charge < -0.3 is 0 Å². The minimum atomic E-state index is -0.117. The van der Waals surface area contributed by atoms with E-state index in [0.29, 0.717) is 11.5 Å². The predicted molar refractivity (Wildman–Crippen MR) is 69.9 cm³/mol. The Kier molecular flexibility index (Phi) is 3.48. The summed E-state index contributed by atoms with van der Waals surface area (Å²) in [6.45, 7) is 3.62. The molecule has 0 bridgehead atoms. The predicted octanol–water partition coefficient (Wildman–Crippen LogP) is 3.49. The number of halogens is 1. The topological polar surface area (TPSA) is 34.1 Å². The Morgan fingerprint density at radius 3 is 2.29 bits per heavy atom. The summed E-state index contributed by atoms with van der Waals surface area (Å²) in [6, 6.07) is 7.35. The molecule has 1 fully saturated rings. The lowest BCUT2D eigenvalue weighted by molar-refractivity contribution is -0.127. The van der Waals surface area contributed by atoms with Crippen LogP contribution >= 0.6 is 15.9 Å². The van der Waals surface area contributed by atoms with Gasteiger partial charge >= 0.3 is 0 Å². The van der Waals surface area contributed by atoms with Crippen LogP contribution < -0.4 is 0 Å². The van der Waals surface area contributed by atoms with E-state index in [0.717, 1.165) is 10.9 Å². The van der Waals surface area contributed by atoms with E-state index >= 15 is 0 Å². The van der Waals surface area contributed by atoms with Gasteiger partial charge in [0.1, 0.15) is 5.78 Å². The molecule has 17 heavy (non-hydrogen) atoms. The molecule has 1 aromatic rings. The monoisotopic (exact) mass is 294 g/mol. The van der Waals surface area contributed by atoms with Crippen LogP contribution in [-0.4, -0.2) is 11.6 Å². The number of carbonyl (C=O) groups excluding carboxylic acids is 2. The van der Waals surface area contributed by atoms with Crippen molar-refractivity contribution >= 4 is 27.5 Å². The summed E-state index contributed by atoms with van der Waals surface area (Å²) in [5.74, 6) is 0.380. The third kappa shape index (κ3) is 2.34. The lowest BCUT2D eigenvalue weighted by Crippen LogP contribution is -2.44. The first-order valence-corrected chi connectivity index (χ1v) is 6.60. The Hall–Kier alpha value is -0.960. The molecule has 0 aliphatic heterocycles. The molecule has 0 radical (unpaired) electrons. The molecule has 2 nitrogen and oxygen atoms in total. The highest BCUT2D eigenvalue weighted by Crippen LogP contribution is 2.42. The summed E-state index contributed by atoms with van der Waals surface area (Å²) in [5, 5.41) is 0. The summed E-state index contributed by atoms with van der Waals surface area (Å²) in [5.41, 5.74) is 0.705. The van der Waals surface area contributed by atoms with Gasteiger partial charge in [0.2, 0.25) is 0 Å². The second-order valence-corrected chi connectivity index (χ2v) is 5.74. The first kappa shape index (κ1) is 12.5. The third-order valence-corrected chi connectivity index (χ3v) is 4.15. The molecular formula is C14H15BrO2. The Labute approximate surface area is 110 Å². The number of benzene rings is 1. The van der Waals surface area contributed by atoms with E-state index in [1.54, 1.807) is 6.92 Å². The van der Waals surface area contributed by atoms with Crippen molar-refractivity contribution in [3.05, 3.63) is 34.3 Å². The van der Waals surface area contributed by atoms with E-state index in [1.807, 2.05) is 31.2 Å². The van der Waals surface area contributed by atoms with Crippen LogP contribution in [0.4, 0.5) is 0 Å². The van der Waals surface area contributed by atoms with Gasteiger partial charge in [-0.05, 0) is 31.4 Å². The summed E-state index contributed by atoms with van der Waals surface area (Å²) in [4.78, 5) is 23.7. The van der Waals surface area contributed by atoms with E-state index in [1.165, 1.54) is 0 Å². The maximum absolute atomic E-state index is 12.3. The van der Waals surface area contributed by atoms with E-state index in [-0.39, 0.29) is 23.4 Å². The normalized spacial score (nSPS) is 27.4. The molecule has 3 atom stereocenters. The zero-order chi connectivity index (χ0) is 12.6. The fraction of sp³-hybridized carbons (Fsp3) is 0.429. The summed E-state index contributed by atoms with van der Waals surface area (Å²) in [7, 11) is 0. The third-order valence-electron chi connectivity index (χ3n) is 3.63. The van der Waals surface area contributed by atoms with Crippen molar-refractivity contribution in [2.45, 2.75) is 20.3 Å². The molecule has 0 spiro atoms. The van der Waals surface area contributed by atoms with E-state index in [4.69, 9.17) is 0 Å². The van der Waals surface area contributed by atoms with Crippen molar-refractivity contribution in [3.8, 4) is 0 Å². The van der Waals surface area contributed by atoms with Crippen molar-refractivity contribution < 1.29 is 9.59 Å². The molecule has 3 heteroatoms. The molecule has 0 aromatic heterocycles. The lowest BCUT2D eigenvalue weighted by Gasteiger charge is -2.40. The zero-order valence-electron chi connectivity index (χ0n) is 9.94. The lowest BCUT2D eigenvalue weighted by atomic mass is 9.61. The minimum absolute atomic E-state index is 0.0684. The smallest absolute Gasteiger partial charge is 0.166 e. The molecule has 0 saturated heterocycles. The number of Topliss-reactive ketones (excluding diaryl/α,β-unsaturated/α-hetero) is 2. The van der Waals surface area contributed by atoms with Crippen LogP contribution in [0.3, 0.4) is 0 Å². The molecule has 1 aliphatic carbocycles. The van der Waals surface area contributed by atoms with Crippen molar-refractivity contribution in [1.82, 2.24) is 0 Å². The Bertz CT molecular complexity index is 450. The maximum atomic E-state index is 12.3. The largest absolute Gasteiger partial charge is 0.300 e. The summed E-state index contributed by atoms with van der Waals surface area (Å²) in [6.07, 6.45) is 0.849. The first-order chi connectivity index (χ1) is 8.00. The minimum Gasteiger partial charge on any atom is -0.300 e. The van der Waals surface area contributed by atoms with Crippen LogP contribution in [0.25, 0.3) is 0 Å². The van der Waals surface area contributed by atoms with Gasteiger partial charge in [0.15, 0.2) is 5.78 Å². The van der Waals surface area contributed by atoms with Crippen molar-refractivity contribution in [3.63, 3.8) is 0 Å². The standard InChI is InChI=1S/C14H15BrO2/c1-8-7-12(9(2)16)13(8)14(17)10-3-5-11(15)6-4-10/h3-6,8,12-13H,7H2,1-2H3/t8-,12-,13+/m0/s1. The van der Waals surface area contributed by atoms with Crippen LogP contribution in [0.2, 0.25) is 0 Å². The highest BCUT2D eigenvalue weighted by Gasteiger charge is 2.45.